The summed E-state index contributed by atoms with van der Waals surface area (Å²) in [6.45, 7) is 7.23. The predicted molar refractivity (Wildman–Crippen MR) is 63.8 cm³/mol. The van der Waals surface area contributed by atoms with E-state index in [2.05, 4.69) is 26.1 Å². The van der Waals surface area contributed by atoms with Gasteiger partial charge in [-0.25, -0.2) is 0 Å². The number of halogens is 3. The van der Waals surface area contributed by atoms with Crippen molar-refractivity contribution in [3.8, 4) is 0 Å². The van der Waals surface area contributed by atoms with Crippen molar-refractivity contribution in [2.24, 2.45) is 17.8 Å². The van der Waals surface area contributed by atoms with E-state index < -0.39 is 12.1 Å². The van der Waals surface area contributed by atoms with E-state index in [1.165, 1.54) is 0 Å². The molecule has 0 aliphatic heterocycles. The second-order valence-electron chi connectivity index (χ2n) is 5.48. The van der Waals surface area contributed by atoms with Gasteiger partial charge in [-0.3, -0.25) is 0 Å². The molecule has 0 aromatic heterocycles. The Morgan fingerprint density at radius 3 is 2.00 bits per heavy atom. The molecule has 17 heavy (non-hydrogen) atoms. The molecule has 1 aliphatic rings. The van der Waals surface area contributed by atoms with Crippen LogP contribution in [0, 0.1) is 17.8 Å². The van der Waals surface area contributed by atoms with E-state index >= 15 is 0 Å². The third kappa shape index (κ3) is 4.16. The highest BCUT2D eigenvalue weighted by Crippen LogP contribution is 2.41. The lowest BCUT2D eigenvalue weighted by Crippen LogP contribution is -2.43. The highest BCUT2D eigenvalue weighted by Gasteiger charge is 2.42. The fraction of sp³-hybridized carbons (Fsp3) is 1.00. The molecule has 1 N–H and O–H groups in total. The van der Waals surface area contributed by atoms with Gasteiger partial charge >= 0.3 is 6.18 Å². The number of hydrogen-bond donors (Lipinski definition) is 1. The standard InChI is InChI=1S/C13H24F3N/c1-4-17-12(9(2)3)10-5-7-11(8-6-10)13(14,15)16/h9-12,17H,4-8H2,1-3H3. The van der Waals surface area contributed by atoms with Crippen molar-refractivity contribution in [2.75, 3.05) is 6.54 Å². The average Bonchev–Trinajstić information content (AvgIpc) is 2.24. The van der Waals surface area contributed by atoms with Crippen LogP contribution in [0.2, 0.25) is 0 Å². The quantitative estimate of drug-likeness (QED) is 0.796. The van der Waals surface area contributed by atoms with E-state index in [0.717, 1.165) is 6.54 Å². The van der Waals surface area contributed by atoms with Crippen LogP contribution in [0.15, 0.2) is 0 Å². The Hall–Kier alpha value is -0.250. The van der Waals surface area contributed by atoms with Crippen LogP contribution in [0.1, 0.15) is 46.5 Å². The molecule has 1 atom stereocenters. The predicted octanol–water partition coefficient (Wildman–Crippen LogP) is 3.99. The largest absolute Gasteiger partial charge is 0.391 e. The zero-order valence-electron chi connectivity index (χ0n) is 11.0. The summed E-state index contributed by atoms with van der Waals surface area (Å²) < 4.78 is 37.7. The van der Waals surface area contributed by atoms with E-state index in [-0.39, 0.29) is 0 Å². The first-order valence-corrected chi connectivity index (χ1v) is 6.66. The highest BCUT2D eigenvalue weighted by atomic mass is 19.4. The molecular weight excluding hydrogens is 227 g/mol. The Labute approximate surface area is 102 Å². The maximum atomic E-state index is 12.6. The summed E-state index contributed by atoms with van der Waals surface area (Å²) in [7, 11) is 0. The molecule has 0 radical (unpaired) electrons. The first-order valence-electron chi connectivity index (χ1n) is 6.66. The van der Waals surface area contributed by atoms with Crippen molar-refractivity contribution >= 4 is 0 Å². The van der Waals surface area contributed by atoms with Gasteiger partial charge in [-0.05, 0) is 44.1 Å². The molecule has 1 aliphatic carbocycles. The molecular formula is C13H24F3N. The van der Waals surface area contributed by atoms with E-state index in [0.29, 0.717) is 43.6 Å². The normalized spacial score (nSPS) is 28.4. The molecule has 1 fully saturated rings. The minimum absolute atomic E-state index is 0.308. The monoisotopic (exact) mass is 251 g/mol. The van der Waals surface area contributed by atoms with E-state index in [9.17, 15) is 13.2 Å². The lowest BCUT2D eigenvalue weighted by Gasteiger charge is -2.36. The summed E-state index contributed by atoms with van der Waals surface area (Å²) in [4.78, 5) is 0. The van der Waals surface area contributed by atoms with E-state index in [1.807, 2.05) is 0 Å². The van der Waals surface area contributed by atoms with Crippen LogP contribution in [0.3, 0.4) is 0 Å². The SMILES string of the molecule is CCNC(C(C)C)C1CCC(C(F)(F)F)CC1. The Morgan fingerprint density at radius 1 is 1.12 bits per heavy atom. The van der Waals surface area contributed by atoms with Crippen LogP contribution in [0.5, 0.6) is 0 Å². The lowest BCUT2D eigenvalue weighted by molar-refractivity contribution is -0.184. The zero-order valence-corrected chi connectivity index (χ0v) is 11.0. The molecule has 1 unspecified atom stereocenters. The van der Waals surface area contributed by atoms with Gasteiger partial charge in [0.15, 0.2) is 0 Å². The van der Waals surface area contributed by atoms with Crippen LogP contribution in [0.4, 0.5) is 13.2 Å². The Morgan fingerprint density at radius 2 is 1.65 bits per heavy atom. The smallest absolute Gasteiger partial charge is 0.314 e. The van der Waals surface area contributed by atoms with Crippen LogP contribution >= 0.6 is 0 Å². The molecule has 0 spiro atoms. The average molecular weight is 251 g/mol. The van der Waals surface area contributed by atoms with Gasteiger partial charge in [0, 0.05) is 6.04 Å². The van der Waals surface area contributed by atoms with Gasteiger partial charge in [-0.15, -0.1) is 0 Å². The van der Waals surface area contributed by atoms with Crippen molar-refractivity contribution in [3.63, 3.8) is 0 Å². The molecule has 1 rings (SSSR count). The lowest BCUT2D eigenvalue weighted by atomic mass is 9.75. The molecule has 0 heterocycles. The van der Waals surface area contributed by atoms with Crippen LogP contribution in [0.25, 0.3) is 0 Å². The van der Waals surface area contributed by atoms with Crippen LogP contribution < -0.4 is 5.32 Å². The molecule has 1 saturated carbocycles. The first kappa shape index (κ1) is 14.8. The number of hydrogen-bond acceptors (Lipinski definition) is 1. The van der Waals surface area contributed by atoms with Gasteiger partial charge < -0.3 is 5.32 Å². The second-order valence-corrected chi connectivity index (χ2v) is 5.48. The molecule has 0 aromatic rings. The molecule has 0 saturated heterocycles. The van der Waals surface area contributed by atoms with Gasteiger partial charge in [0.25, 0.3) is 0 Å². The van der Waals surface area contributed by atoms with Gasteiger partial charge in [-0.1, -0.05) is 20.8 Å². The minimum Gasteiger partial charge on any atom is -0.314 e. The molecule has 1 nitrogen and oxygen atoms in total. The molecule has 0 aromatic carbocycles. The summed E-state index contributed by atoms with van der Waals surface area (Å²) in [5.74, 6) is -0.163. The minimum atomic E-state index is -3.99. The maximum Gasteiger partial charge on any atom is 0.391 e. The van der Waals surface area contributed by atoms with Crippen molar-refractivity contribution in [2.45, 2.75) is 58.7 Å². The molecule has 0 amide bonds. The fourth-order valence-electron chi connectivity index (χ4n) is 2.99. The fourth-order valence-corrected chi connectivity index (χ4v) is 2.99. The molecule has 102 valence electrons. The third-order valence-electron chi connectivity index (χ3n) is 3.90. The molecule has 0 bridgehead atoms. The number of alkyl halides is 3. The highest BCUT2D eigenvalue weighted by molar-refractivity contribution is 4.85. The topological polar surface area (TPSA) is 12.0 Å². The second kappa shape index (κ2) is 6.07. The Kier molecular flexibility index (Phi) is 5.29. The summed E-state index contributed by atoms with van der Waals surface area (Å²) >= 11 is 0. The Bertz CT molecular complexity index is 217. The molecule has 4 heteroatoms. The van der Waals surface area contributed by atoms with Crippen LogP contribution in [-0.4, -0.2) is 18.8 Å². The Balaban J connectivity index is 2.50. The first-order chi connectivity index (χ1) is 7.86. The number of nitrogens with one attached hydrogen (secondary N) is 1. The number of rotatable bonds is 4. The van der Waals surface area contributed by atoms with E-state index in [4.69, 9.17) is 0 Å². The third-order valence-corrected chi connectivity index (χ3v) is 3.90. The van der Waals surface area contributed by atoms with E-state index in [1.54, 1.807) is 0 Å². The summed E-state index contributed by atoms with van der Waals surface area (Å²) in [6, 6.07) is 0.370. The van der Waals surface area contributed by atoms with Gasteiger partial charge in [0.2, 0.25) is 0 Å². The summed E-state index contributed by atoms with van der Waals surface area (Å²) in [5, 5.41) is 3.42. The van der Waals surface area contributed by atoms with Crippen molar-refractivity contribution in [1.29, 1.82) is 0 Å². The van der Waals surface area contributed by atoms with Crippen molar-refractivity contribution < 1.29 is 13.2 Å². The van der Waals surface area contributed by atoms with Gasteiger partial charge in [0.1, 0.15) is 0 Å². The van der Waals surface area contributed by atoms with Crippen molar-refractivity contribution in [3.05, 3.63) is 0 Å². The summed E-state index contributed by atoms with van der Waals surface area (Å²) in [5.41, 5.74) is 0. The zero-order chi connectivity index (χ0) is 13.1. The van der Waals surface area contributed by atoms with Crippen molar-refractivity contribution in [1.82, 2.24) is 5.32 Å². The van der Waals surface area contributed by atoms with Gasteiger partial charge in [-0.2, -0.15) is 13.2 Å². The van der Waals surface area contributed by atoms with Gasteiger partial charge in [0.05, 0.1) is 5.92 Å². The summed E-state index contributed by atoms with van der Waals surface area (Å²) in [6.07, 6.45) is -1.96. The maximum absolute atomic E-state index is 12.6. The van der Waals surface area contributed by atoms with Crippen LogP contribution in [-0.2, 0) is 0 Å².